The highest BCUT2D eigenvalue weighted by molar-refractivity contribution is 6.00. The van der Waals surface area contributed by atoms with Gasteiger partial charge in [-0.15, -0.1) is 0 Å². The van der Waals surface area contributed by atoms with Gasteiger partial charge < -0.3 is 31.1 Å². The molecule has 12 nitrogen and oxygen atoms in total. The van der Waals surface area contributed by atoms with Crippen LogP contribution in [0.1, 0.15) is 76.7 Å². The van der Waals surface area contributed by atoms with E-state index in [2.05, 4.69) is 33.6 Å². The number of fused-ring (bicyclic) bond motifs is 1. The average Bonchev–Trinajstić information content (AvgIpc) is 3.61. The van der Waals surface area contributed by atoms with Crippen LogP contribution < -0.4 is 16.4 Å². The smallest absolute Gasteiger partial charge is 0.254 e. The summed E-state index contributed by atoms with van der Waals surface area (Å²) < 4.78 is 23.2. The first kappa shape index (κ1) is 38.9. The minimum Gasteiger partial charge on any atom is -0.508 e. The Morgan fingerprint density at radius 1 is 1.05 bits per heavy atom. The summed E-state index contributed by atoms with van der Waals surface area (Å²) in [6.45, 7) is 12.0. The van der Waals surface area contributed by atoms with Crippen LogP contribution >= 0.6 is 0 Å². The number of anilines is 1. The van der Waals surface area contributed by atoms with Gasteiger partial charge in [-0.2, -0.15) is 5.10 Å². The summed E-state index contributed by atoms with van der Waals surface area (Å²) in [7, 11) is 0. The number of carbonyl (C=O) groups excluding carboxylic acids is 2. The van der Waals surface area contributed by atoms with Crippen molar-refractivity contribution in [2.24, 2.45) is 5.73 Å². The summed E-state index contributed by atoms with van der Waals surface area (Å²) in [4.78, 5) is 36.0. The number of ether oxygens (including phenoxy) is 1. The number of nitrogens with two attached hydrogens (primary N) is 1. The van der Waals surface area contributed by atoms with Crippen LogP contribution in [0.25, 0.3) is 22.2 Å². The second kappa shape index (κ2) is 17.2. The van der Waals surface area contributed by atoms with Crippen LogP contribution in [0, 0.1) is 5.82 Å². The summed E-state index contributed by atoms with van der Waals surface area (Å²) >= 11 is 0. The van der Waals surface area contributed by atoms with Crippen molar-refractivity contribution in [2.75, 3.05) is 38.2 Å². The average molecular weight is 763 g/mol. The lowest BCUT2D eigenvalue weighted by Crippen LogP contribution is -2.48. The molecule has 2 aromatic heterocycles. The van der Waals surface area contributed by atoms with E-state index < -0.39 is 11.8 Å². The van der Waals surface area contributed by atoms with Crippen molar-refractivity contribution in [3.05, 3.63) is 106 Å². The van der Waals surface area contributed by atoms with Crippen molar-refractivity contribution in [1.29, 1.82) is 0 Å². The second-order valence-corrected chi connectivity index (χ2v) is 14.9. The van der Waals surface area contributed by atoms with Crippen molar-refractivity contribution in [3.8, 4) is 16.9 Å². The normalized spacial score (nSPS) is 16.6. The zero-order chi connectivity index (χ0) is 39.3. The van der Waals surface area contributed by atoms with Crippen LogP contribution in [-0.2, 0) is 37.3 Å². The lowest BCUT2D eigenvalue weighted by molar-refractivity contribution is 0.0729. The molecule has 2 saturated heterocycles. The maximum atomic E-state index is 15.7. The van der Waals surface area contributed by atoms with Crippen LogP contribution in [0.15, 0.2) is 66.9 Å². The molecule has 3 aromatic carbocycles. The van der Waals surface area contributed by atoms with Crippen molar-refractivity contribution in [1.82, 2.24) is 29.9 Å². The monoisotopic (exact) mass is 762 g/mol. The molecule has 294 valence electrons. The van der Waals surface area contributed by atoms with Gasteiger partial charge in [0.25, 0.3) is 5.91 Å². The Morgan fingerprint density at radius 3 is 2.61 bits per heavy atom. The first-order valence-electron chi connectivity index (χ1n) is 19.6. The lowest BCUT2D eigenvalue weighted by Gasteiger charge is -2.31. The van der Waals surface area contributed by atoms with Crippen LogP contribution in [0.4, 0.5) is 10.1 Å². The van der Waals surface area contributed by atoms with E-state index in [4.69, 9.17) is 15.5 Å². The molecular weight excluding hydrogens is 712 g/mol. The number of primary amides is 1. The minimum absolute atomic E-state index is 0.0127. The van der Waals surface area contributed by atoms with E-state index in [0.717, 1.165) is 78.1 Å². The number of benzene rings is 3. The van der Waals surface area contributed by atoms with Crippen molar-refractivity contribution < 1.29 is 23.8 Å². The number of phenols is 1. The van der Waals surface area contributed by atoms with Crippen molar-refractivity contribution >= 4 is 28.5 Å². The van der Waals surface area contributed by atoms with Gasteiger partial charge in [-0.25, -0.2) is 14.1 Å². The number of aryl methyl sites for hydroxylation is 2. The van der Waals surface area contributed by atoms with Crippen molar-refractivity contribution in [3.63, 3.8) is 0 Å². The summed E-state index contributed by atoms with van der Waals surface area (Å²) in [6, 6.07) is 17.4. The molecule has 4 heterocycles. The number of nitrogens with zero attached hydrogens (tertiary/aromatic N) is 5. The predicted molar refractivity (Wildman–Crippen MR) is 215 cm³/mol. The number of hydrogen-bond acceptors (Lipinski definition) is 9. The number of aromatic nitrogens is 3. The molecule has 2 amide bonds. The molecule has 13 heteroatoms. The second-order valence-electron chi connectivity index (χ2n) is 14.9. The van der Waals surface area contributed by atoms with Gasteiger partial charge in [-0.3, -0.25) is 14.5 Å². The lowest BCUT2D eigenvalue weighted by atomic mass is 9.99. The van der Waals surface area contributed by atoms with E-state index in [9.17, 15) is 14.7 Å². The summed E-state index contributed by atoms with van der Waals surface area (Å²) in [5.41, 5.74) is 12.0. The molecule has 1 atom stereocenters. The van der Waals surface area contributed by atoms with E-state index in [1.165, 1.54) is 24.3 Å². The van der Waals surface area contributed by atoms with E-state index in [-0.39, 0.29) is 41.8 Å². The fourth-order valence-corrected chi connectivity index (χ4v) is 7.89. The third-order valence-electron chi connectivity index (χ3n) is 10.8. The Balaban J connectivity index is 1.28. The van der Waals surface area contributed by atoms with Gasteiger partial charge in [-0.1, -0.05) is 31.2 Å². The number of pyridine rings is 1. The maximum absolute atomic E-state index is 15.7. The maximum Gasteiger partial charge on any atom is 0.254 e. The van der Waals surface area contributed by atoms with Crippen LogP contribution in [0.5, 0.6) is 5.75 Å². The van der Waals surface area contributed by atoms with Gasteiger partial charge in [0, 0.05) is 92.5 Å². The quantitative estimate of drug-likeness (QED) is 0.116. The largest absolute Gasteiger partial charge is 0.508 e. The molecule has 2 aliphatic rings. The third kappa shape index (κ3) is 8.70. The fourth-order valence-electron chi connectivity index (χ4n) is 7.89. The Hall–Kier alpha value is -5.37. The SMILES string of the molecule is CCc1nc2c(cnn2CC)c(NC2CCOCC2)c1CN(Cc1ccc(F)c(-c2cccc(CN3CCN[C@@H](C)C3)c2)c1)C(=O)c1cc(O)cc(C(N)=O)c1. The zero-order valence-electron chi connectivity index (χ0n) is 32.4. The number of nitrogens with one attached hydrogen (secondary N) is 2. The molecule has 0 aliphatic carbocycles. The predicted octanol–water partition coefficient (Wildman–Crippen LogP) is 5.85. The molecule has 5 N–H and O–H groups in total. The van der Waals surface area contributed by atoms with Crippen LogP contribution in [0.2, 0.25) is 0 Å². The van der Waals surface area contributed by atoms with Gasteiger partial charge in [0.2, 0.25) is 5.91 Å². The van der Waals surface area contributed by atoms with Gasteiger partial charge >= 0.3 is 0 Å². The minimum atomic E-state index is -0.767. The summed E-state index contributed by atoms with van der Waals surface area (Å²) in [6.07, 6.45) is 4.05. The fraction of sp³-hybridized carbons (Fsp3) is 0.395. The number of piperazine rings is 1. The number of amides is 2. The number of aromatic hydroxyl groups is 1. The third-order valence-corrected chi connectivity index (χ3v) is 10.8. The molecule has 56 heavy (non-hydrogen) atoms. The molecule has 0 bridgehead atoms. The number of hydrogen-bond donors (Lipinski definition) is 4. The zero-order valence-corrected chi connectivity index (χ0v) is 32.4. The van der Waals surface area contributed by atoms with Gasteiger partial charge in [0.1, 0.15) is 11.6 Å². The molecule has 0 saturated carbocycles. The molecule has 0 spiro atoms. The standard InChI is InChI=1S/C43H51FN8O4/c1-4-39-37(40(48-33-11-15-56-16-12-33)36-22-47-52(5-2)42(36)49-39)26-51(43(55)32-19-31(41(45)54)20-34(53)21-32)25-29-9-10-38(44)35(18-29)30-8-6-7-28(17-30)24-50-14-13-46-27(3)23-50/h6-10,17-22,27,33,46,53H,4-5,11-16,23-26H2,1-3H3,(H2,45,54)(H,48,49)/t27-/m0/s1. The Kier molecular flexibility index (Phi) is 11.9. The molecule has 2 aliphatic heterocycles. The van der Waals surface area contributed by atoms with E-state index >= 15 is 4.39 Å². The van der Waals surface area contributed by atoms with Crippen molar-refractivity contribution in [2.45, 2.75) is 78.3 Å². The highest BCUT2D eigenvalue weighted by Gasteiger charge is 2.27. The van der Waals surface area contributed by atoms with Gasteiger partial charge in [-0.05, 0) is 86.2 Å². The number of rotatable bonds is 13. The molecule has 2 fully saturated rings. The number of halogens is 1. The van der Waals surface area contributed by atoms with E-state index in [1.807, 2.05) is 42.9 Å². The highest BCUT2D eigenvalue weighted by atomic mass is 19.1. The van der Waals surface area contributed by atoms with Crippen LogP contribution in [0.3, 0.4) is 0 Å². The Labute approximate surface area is 326 Å². The Bertz CT molecular complexity index is 2220. The topological polar surface area (TPSA) is 151 Å². The van der Waals surface area contributed by atoms with Crippen LogP contribution in [-0.4, -0.2) is 86.4 Å². The van der Waals surface area contributed by atoms with Gasteiger partial charge in [0.15, 0.2) is 5.65 Å². The highest BCUT2D eigenvalue weighted by Crippen LogP contribution is 2.34. The Morgan fingerprint density at radius 2 is 1.86 bits per heavy atom. The molecule has 5 aromatic rings. The molecule has 0 radical (unpaired) electrons. The van der Waals surface area contributed by atoms with E-state index in [1.54, 1.807) is 17.0 Å². The number of carbonyl (C=O) groups is 2. The molecular formula is C43H51FN8O4. The van der Waals surface area contributed by atoms with E-state index in [0.29, 0.717) is 43.3 Å². The van der Waals surface area contributed by atoms with Gasteiger partial charge in [0.05, 0.1) is 23.8 Å². The summed E-state index contributed by atoms with van der Waals surface area (Å²) in [5, 5.41) is 23.3. The first-order valence-corrected chi connectivity index (χ1v) is 19.6. The number of phenolic OH excluding ortho intramolecular Hbond substituents is 1. The first-order chi connectivity index (χ1) is 27.1. The summed E-state index contributed by atoms with van der Waals surface area (Å²) in [5.74, 6) is -1.82. The molecule has 0 unspecified atom stereocenters. The molecule has 7 rings (SSSR count).